The van der Waals surface area contributed by atoms with Crippen molar-refractivity contribution in [2.24, 2.45) is 5.92 Å². The third-order valence-corrected chi connectivity index (χ3v) is 5.62. The normalized spacial score (nSPS) is 17.4. The first-order chi connectivity index (χ1) is 13.0. The van der Waals surface area contributed by atoms with E-state index in [0.717, 1.165) is 19.0 Å². The summed E-state index contributed by atoms with van der Waals surface area (Å²) in [6.07, 6.45) is 3.93. The van der Waals surface area contributed by atoms with Gasteiger partial charge in [-0.05, 0) is 50.9 Å². The van der Waals surface area contributed by atoms with E-state index in [1.807, 2.05) is 18.2 Å². The van der Waals surface area contributed by atoms with Crippen LogP contribution in [0.1, 0.15) is 37.0 Å². The third-order valence-electron chi connectivity index (χ3n) is 5.62. The number of amides is 1. The monoisotopic (exact) mass is 367 g/mol. The summed E-state index contributed by atoms with van der Waals surface area (Å²) in [5.41, 5.74) is 1.28. The number of aromatic nitrogens is 3. The number of likely N-dealkylation sites (tertiary alicyclic amines) is 1. The molecule has 7 heteroatoms. The summed E-state index contributed by atoms with van der Waals surface area (Å²) in [5.74, 6) is 0.571. The van der Waals surface area contributed by atoms with Crippen LogP contribution in [0, 0.1) is 5.92 Å². The lowest BCUT2D eigenvalue weighted by atomic mass is 9.98. The standard InChI is InChI=1S/C20H25N5O2/c1-13-7-9-24(10-8-13)14(2)11-21-19(26)16-12-22-25-17-6-4-3-5-15(17)20(27)23-18(16)25/h3-6,12-14H,7-11H2,1-2H3,(H,21,26)(H,23,27). The molecule has 7 nitrogen and oxygen atoms in total. The topological polar surface area (TPSA) is 82.5 Å². The molecule has 142 valence electrons. The molecule has 1 aliphatic heterocycles. The average Bonchev–Trinajstić information content (AvgIpc) is 3.10. The van der Waals surface area contributed by atoms with E-state index < -0.39 is 0 Å². The minimum atomic E-state index is -0.219. The first-order valence-corrected chi connectivity index (χ1v) is 9.55. The quantitative estimate of drug-likeness (QED) is 0.739. The Labute approximate surface area is 157 Å². The summed E-state index contributed by atoms with van der Waals surface area (Å²) < 4.78 is 1.61. The zero-order chi connectivity index (χ0) is 19.0. The van der Waals surface area contributed by atoms with Gasteiger partial charge in [0.2, 0.25) is 0 Å². The molecule has 1 unspecified atom stereocenters. The smallest absolute Gasteiger partial charge is 0.259 e. The van der Waals surface area contributed by atoms with Crippen LogP contribution >= 0.6 is 0 Å². The minimum Gasteiger partial charge on any atom is -0.350 e. The molecule has 1 atom stereocenters. The number of benzene rings is 1. The zero-order valence-corrected chi connectivity index (χ0v) is 15.7. The van der Waals surface area contributed by atoms with Crippen molar-refractivity contribution >= 4 is 22.5 Å². The molecule has 27 heavy (non-hydrogen) atoms. The van der Waals surface area contributed by atoms with Crippen molar-refractivity contribution in [2.45, 2.75) is 32.7 Å². The number of hydrogen-bond donors (Lipinski definition) is 2. The van der Waals surface area contributed by atoms with E-state index in [1.54, 1.807) is 10.6 Å². The van der Waals surface area contributed by atoms with E-state index in [2.05, 4.69) is 34.1 Å². The highest BCUT2D eigenvalue weighted by atomic mass is 16.2. The molecule has 3 aromatic rings. The van der Waals surface area contributed by atoms with Crippen LogP contribution in [0.2, 0.25) is 0 Å². The van der Waals surface area contributed by atoms with Crippen LogP contribution in [0.5, 0.6) is 0 Å². The largest absolute Gasteiger partial charge is 0.350 e. The SMILES string of the molecule is CC1CCN(C(C)CNC(=O)c2cnn3c2[nH]c(=O)c2ccccc23)CC1. The molecule has 1 saturated heterocycles. The highest BCUT2D eigenvalue weighted by Gasteiger charge is 2.22. The molecule has 1 aromatic carbocycles. The van der Waals surface area contributed by atoms with Crippen LogP contribution in [-0.4, -0.2) is 51.1 Å². The fourth-order valence-electron chi connectivity index (χ4n) is 3.78. The van der Waals surface area contributed by atoms with Crippen LogP contribution in [-0.2, 0) is 0 Å². The van der Waals surface area contributed by atoms with Gasteiger partial charge in [-0.25, -0.2) is 4.52 Å². The number of fused-ring (bicyclic) bond motifs is 3. The molecule has 0 spiro atoms. The van der Waals surface area contributed by atoms with Gasteiger partial charge in [0.25, 0.3) is 11.5 Å². The number of H-pyrrole nitrogens is 1. The van der Waals surface area contributed by atoms with Crippen molar-refractivity contribution in [1.82, 2.24) is 24.8 Å². The predicted octanol–water partition coefficient (Wildman–Crippen LogP) is 2.03. The molecule has 1 fully saturated rings. The molecule has 0 bridgehead atoms. The Morgan fingerprint density at radius 1 is 1.33 bits per heavy atom. The number of carbonyl (C=O) groups excluding carboxylic acids is 1. The number of nitrogens with zero attached hydrogens (tertiary/aromatic N) is 3. The lowest BCUT2D eigenvalue weighted by Crippen LogP contribution is -2.45. The van der Waals surface area contributed by atoms with Crippen LogP contribution in [0.15, 0.2) is 35.3 Å². The summed E-state index contributed by atoms with van der Waals surface area (Å²) in [6.45, 7) is 7.16. The van der Waals surface area contributed by atoms with Crippen molar-refractivity contribution in [3.8, 4) is 0 Å². The molecule has 0 aliphatic carbocycles. The van der Waals surface area contributed by atoms with Crippen LogP contribution < -0.4 is 10.9 Å². The van der Waals surface area contributed by atoms with Crippen LogP contribution in [0.3, 0.4) is 0 Å². The highest BCUT2D eigenvalue weighted by molar-refractivity contribution is 6.00. The molecule has 0 saturated carbocycles. The number of aromatic amines is 1. The second-order valence-corrected chi connectivity index (χ2v) is 7.57. The van der Waals surface area contributed by atoms with Crippen LogP contribution in [0.25, 0.3) is 16.6 Å². The van der Waals surface area contributed by atoms with Gasteiger partial charge >= 0.3 is 0 Å². The summed E-state index contributed by atoms with van der Waals surface area (Å²) in [4.78, 5) is 30.2. The maximum absolute atomic E-state index is 12.7. The van der Waals surface area contributed by atoms with Gasteiger partial charge in [-0.2, -0.15) is 5.10 Å². The summed E-state index contributed by atoms with van der Waals surface area (Å²) >= 11 is 0. The van der Waals surface area contributed by atoms with E-state index in [4.69, 9.17) is 0 Å². The van der Waals surface area contributed by atoms with E-state index in [1.165, 1.54) is 19.0 Å². The predicted molar refractivity (Wildman–Crippen MR) is 105 cm³/mol. The zero-order valence-electron chi connectivity index (χ0n) is 15.7. The van der Waals surface area contributed by atoms with Gasteiger partial charge in [0.1, 0.15) is 11.2 Å². The molecule has 1 amide bonds. The molecular weight excluding hydrogens is 342 g/mol. The molecule has 3 heterocycles. The van der Waals surface area contributed by atoms with E-state index in [0.29, 0.717) is 28.7 Å². The lowest BCUT2D eigenvalue weighted by molar-refractivity contribution is 0.0923. The minimum absolute atomic E-state index is 0.215. The maximum atomic E-state index is 12.7. The fourth-order valence-corrected chi connectivity index (χ4v) is 3.78. The highest BCUT2D eigenvalue weighted by Crippen LogP contribution is 2.18. The number of rotatable bonds is 4. The summed E-state index contributed by atoms with van der Waals surface area (Å²) in [5, 5.41) is 7.86. The van der Waals surface area contributed by atoms with Gasteiger partial charge in [0, 0.05) is 12.6 Å². The summed E-state index contributed by atoms with van der Waals surface area (Å²) in [6, 6.07) is 7.51. The van der Waals surface area contributed by atoms with Gasteiger partial charge in [-0.15, -0.1) is 0 Å². The molecule has 0 radical (unpaired) electrons. The van der Waals surface area contributed by atoms with Gasteiger partial charge < -0.3 is 10.3 Å². The second kappa shape index (κ2) is 7.15. The second-order valence-electron chi connectivity index (χ2n) is 7.57. The molecule has 4 rings (SSSR count). The third kappa shape index (κ3) is 3.35. The van der Waals surface area contributed by atoms with Gasteiger partial charge in [-0.1, -0.05) is 19.1 Å². The Morgan fingerprint density at radius 3 is 2.85 bits per heavy atom. The van der Waals surface area contributed by atoms with Gasteiger partial charge in [0.15, 0.2) is 0 Å². The Kier molecular flexibility index (Phi) is 4.70. The number of hydrogen-bond acceptors (Lipinski definition) is 4. The summed E-state index contributed by atoms with van der Waals surface area (Å²) in [7, 11) is 0. The number of nitrogens with one attached hydrogen (secondary N) is 2. The van der Waals surface area contributed by atoms with E-state index in [9.17, 15) is 9.59 Å². The number of carbonyl (C=O) groups is 1. The van der Waals surface area contributed by atoms with Crippen molar-refractivity contribution in [3.63, 3.8) is 0 Å². The maximum Gasteiger partial charge on any atom is 0.259 e. The van der Waals surface area contributed by atoms with Crippen LogP contribution in [0.4, 0.5) is 0 Å². The van der Waals surface area contributed by atoms with Gasteiger partial charge in [0.05, 0.1) is 17.1 Å². The molecule has 1 aliphatic rings. The average molecular weight is 367 g/mol. The van der Waals surface area contributed by atoms with E-state index in [-0.39, 0.29) is 17.5 Å². The van der Waals surface area contributed by atoms with Crippen molar-refractivity contribution in [3.05, 3.63) is 46.4 Å². The van der Waals surface area contributed by atoms with Crippen molar-refractivity contribution in [1.29, 1.82) is 0 Å². The fraction of sp³-hybridized carbons (Fsp3) is 0.450. The Morgan fingerprint density at radius 2 is 2.07 bits per heavy atom. The van der Waals surface area contributed by atoms with Crippen molar-refractivity contribution < 1.29 is 4.79 Å². The Hall–Kier alpha value is -2.67. The number of para-hydroxylation sites is 1. The van der Waals surface area contributed by atoms with Crippen molar-refractivity contribution in [2.75, 3.05) is 19.6 Å². The molecular formula is C20H25N5O2. The first kappa shape index (κ1) is 17.7. The molecule has 2 N–H and O–H groups in total. The number of piperidine rings is 1. The Bertz CT molecular complexity index is 1030. The Balaban J connectivity index is 1.52. The first-order valence-electron chi connectivity index (χ1n) is 9.55. The molecule has 2 aromatic heterocycles. The van der Waals surface area contributed by atoms with E-state index >= 15 is 0 Å². The van der Waals surface area contributed by atoms with Gasteiger partial charge in [-0.3, -0.25) is 14.5 Å². The lowest BCUT2D eigenvalue weighted by Gasteiger charge is -2.34.